The van der Waals surface area contributed by atoms with Crippen LogP contribution in [0.1, 0.15) is 61.1 Å². The molecule has 0 nitrogen and oxygen atoms in total. The Morgan fingerprint density at radius 3 is 1.05 bits per heavy atom. The molecular formula is C20H26I2. The Labute approximate surface area is 162 Å². The average Bonchev–Trinajstić information content (AvgIpc) is 2.54. The largest absolute Gasteiger partial charge is 0.0613 e. The number of hydrogen-bond donors (Lipinski definition) is 0. The maximum atomic E-state index is 2.53. The smallest absolute Gasteiger partial charge is 0.0302 e. The average molecular weight is 520 g/mol. The highest BCUT2D eigenvalue weighted by Crippen LogP contribution is 2.40. The van der Waals surface area contributed by atoms with Crippen LogP contribution in [-0.4, -0.2) is 0 Å². The molecule has 0 atom stereocenters. The summed E-state index contributed by atoms with van der Waals surface area (Å²) >= 11 is 5.07. The van der Waals surface area contributed by atoms with Crippen molar-refractivity contribution in [2.24, 2.45) is 0 Å². The molecule has 120 valence electrons. The van der Waals surface area contributed by atoms with Crippen LogP contribution >= 0.6 is 45.2 Å². The molecule has 0 aliphatic carbocycles. The summed E-state index contributed by atoms with van der Waals surface area (Å²) in [4.78, 5) is 0. The van der Waals surface area contributed by atoms with Crippen LogP contribution in [-0.2, 0) is 25.7 Å². The van der Waals surface area contributed by atoms with Gasteiger partial charge in [-0.1, -0.05) is 27.7 Å². The lowest BCUT2D eigenvalue weighted by molar-refractivity contribution is 0.958. The number of benzene rings is 2. The lowest BCUT2D eigenvalue weighted by Crippen LogP contribution is -2.08. The molecule has 0 saturated carbocycles. The zero-order chi connectivity index (χ0) is 16.6. The van der Waals surface area contributed by atoms with E-state index in [1.54, 1.807) is 33.0 Å². The Hall–Kier alpha value is 0.160. The van der Waals surface area contributed by atoms with Crippen molar-refractivity contribution in [1.82, 2.24) is 0 Å². The fourth-order valence-corrected chi connectivity index (χ4v) is 5.33. The van der Waals surface area contributed by atoms with Crippen LogP contribution in [0.15, 0.2) is 0 Å². The second-order valence-electron chi connectivity index (χ2n) is 5.96. The van der Waals surface area contributed by atoms with Crippen molar-refractivity contribution in [1.29, 1.82) is 0 Å². The lowest BCUT2D eigenvalue weighted by atomic mass is 9.82. The molecule has 0 radical (unpaired) electrons. The molecule has 0 unspecified atom stereocenters. The summed E-state index contributed by atoms with van der Waals surface area (Å²) < 4.78 is 2.87. The quantitative estimate of drug-likeness (QED) is 0.385. The Balaban J connectivity index is 3.21. The molecule has 2 heteroatoms. The second kappa shape index (κ2) is 7.37. The van der Waals surface area contributed by atoms with Crippen molar-refractivity contribution in [3.63, 3.8) is 0 Å². The third-order valence-electron chi connectivity index (χ3n) is 4.96. The van der Waals surface area contributed by atoms with Gasteiger partial charge in [-0.2, -0.15) is 0 Å². The monoisotopic (exact) mass is 520 g/mol. The van der Waals surface area contributed by atoms with Gasteiger partial charge in [0.15, 0.2) is 0 Å². The maximum absolute atomic E-state index is 2.53. The van der Waals surface area contributed by atoms with Gasteiger partial charge in [0, 0.05) is 7.14 Å². The van der Waals surface area contributed by atoms with Gasteiger partial charge in [-0.25, -0.2) is 0 Å². The zero-order valence-electron chi connectivity index (χ0n) is 14.6. The highest BCUT2D eigenvalue weighted by molar-refractivity contribution is 14.1. The van der Waals surface area contributed by atoms with Crippen LogP contribution in [0.25, 0.3) is 10.8 Å². The third-order valence-corrected chi connectivity index (χ3v) is 8.69. The molecule has 0 bridgehead atoms. The number of hydrogen-bond acceptors (Lipinski definition) is 0. The summed E-state index contributed by atoms with van der Waals surface area (Å²) in [6, 6.07) is 0. The van der Waals surface area contributed by atoms with Crippen LogP contribution in [0, 0.1) is 21.0 Å². The van der Waals surface area contributed by atoms with Gasteiger partial charge in [-0.3, -0.25) is 0 Å². The molecule has 0 aliphatic rings. The standard InChI is InChI=1S/C20H26I2/c1-7-13-14(8-2)16(10-4)18-12(6)20(22)19(21)11(5)17(18)15(13)9-3/h7-10H2,1-6H3. The summed E-state index contributed by atoms with van der Waals surface area (Å²) in [5, 5.41) is 3.10. The minimum Gasteiger partial charge on any atom is -0.0613 e. The molecule has 22 heavy (non-hydrogen) atoms. The second-order valence-corrected chi connectivity index (χ2v) is 8.11. The molecule has 0 fully saturated rings. The van der Waals surface area contributed by atoms with Gasteiger partial charge >= 0.3 is 0 Å². The first-order valence-electron chi connectivity index (χ1n) is 8.37. The van der Waals surface area contributed by atoms with E-state index in [9.17, 15) is 0 Å². The minimum atomic E-state index is 1.13. The normalized spacial score (nSPS) is 11.5. The highest BCUT2D eigenvalue weighted by Gasteiger charge is 2.21. The molecule has 0 aliphatic heterocycles. The van der Waals surface area contributed by atoms with Gasteiger partial charge in [0.05, 0.1) is 0 Å². The zero-order valence-corrected chi connectivity index (χ0v) is 18.9. The van der Waals surface area contributed by atoms with Crippen molar-refractivity contribution in [2.45, 2.75) is 67.2 Å². The molecule has 0 spiro atoms. The molecule has 2 aromatic rings. The van der Waals surface area contributed by atoms with E-state index < -0.39 is 0 Å². The number of halogens is 2. The molecule has 0 aromatic heterocycles. The van der Waals surface area contributed by atoms with Crippen LogP contribution in [0.5, 0.6) is 0 Å². The molecule has 0 heterocycles. The fraction of sp³-hybridized carbons (Fsp3) is 0.500. The van der Waals surface area contributed by atoms with E-state index in [1.165, 1.54) is 18.3 Å². The Bertz CT molecular complexity index is 665. The van der Waals surface area contributed by atoms with Crippen LogP contribution in [0.3, 0.4) is 0 Å². The lowest BCUT2D eigenvalue weighted by Gasteiger charge is -2.24. The predicted molar refractivity (Wildman–Crippen MR) is 116 cm³/mol. The SMILES string of the molecule is CCc1c(CC)c(CC)c2c(C)c(I)c(I)c(C)c2c1CC. The summed E-state index contributed by atoms with van der Waals surface area (Å²) in [7, 11) is 0. The first kappa shape index (κ1) is 18.5. The molecule has 0 N–H and O–H groups in total. The van der Waals surface area contributed by atoms with Gasteiger partial charge in [0.1, 0.15) is 0 Å². The Morgan fingerprint density at radius 2 is 0.818 bits per heavy atom. The topological polar surface area (TPSA) is 0 Å². The van der Waals surface area contributed by atoms with Crippen molar-refractivity contribution in [3.05, 3.63) is 40.5 Å². The van der Waals surface area contributed by atoms with Crippen molar-refractivity contribution < 1.29 is 0 Å². The Kier molecular flexibility index (Phi) is 6.20. The molecule has 2 aromatic carbocycles. The van der Waals surface area contributed by atoms with Gasteiger partial charge in [0.2, 0.25) is 0 Å². The van der Waals surface area contributed by atoms with E-state index in [0.717, 1.165) is 25.7 Å². The van der Waals surface area contributed by atoms with Gasteiger partial charge < -0.3 is 0 Å². The third kappa shape index (κ3) is 2.72. The van der Waals surface area contributed by atoms with E-state index in [1.807, 2.05) is 0 Å². The molecular weight excluding hydrogens is 494 g/mol. The number of fused-ring (bicyclic) bond motifs is 1. The van der Waals surface area contributed by atoms with E-state index in [4.69, 9.17) is 0 Å². The van der Waals surface area contributed by atoms with Crippen molar-refractivity contribution in [2.75, 3.05) is 0 Å². The van der Waals surface area contributed by atoms with Crippen molar-refractivity contribution in [3.8, 4) is 0 Å². The number of rotatable bonds is 4. The van der Waals surface area contributed by atoms with Gasteiger partial charge in [-0.05, 0) is 129 Å². The van der Waals surface area contributed by atoms with Gasteiger partial charge in [0.25, 0.3) is 0 Å². The minimum absolute atomic E-state index is 1.13. The summed E-state index contributed by atoms with van der Waals surface area (Å²) in [6.45, 7) is 13.9. The fourth-order valence-electron chi connectivity index (χ4n) is 3.98. The first-order chi connectivity index (χ1) is 10.4. The van der Waals surface area contributed by atoms with Crippen LogP contribution < -0.4 is 0 Å². The molecule has 0 saturated heterocycles. The van der Waals surface area contributed by atoms with E-state index in [2.05, 4.69) is 86.7 Å². The molecule has 2 rings (SSSR count). The van der Waals surface area contributed by atoms with E-state index in [0.29, 0.717) is 0 Å². The Morgan fingerprint density at radius 1 is 0.545 bits per heavy atom. The van der Waals surface area contributed by atoms with Crippen molar-refractivity contribution >= 4 is 56.0 Å². The van der Waals surface area contributed by atoms with Crippen LogP contribution in [0.2, 0.25) is 0 Å². The van der Waals surface area contributed by atoms with E-state index in [-0.39, 0.29) is 0 Å². The van der Waals surface area contributed by atoms with E-state index >= 15 is 0 Å². The van der Waals surface area contributed by atoms with Crippen LogP contribution in [0.4, 0.5) is 0 Å². The predicted octanol–water partition coefficient (Wildman–Crippen LogP) is 6.92. The summed E-state index contributed by atoms with van der Waals surface area (Å²) in [6.07, 6.45) is 4.56. The summed E-state index contributed by atoms with van der Waals surface area (Å²) in [5.74, 6) is 0. The first-order valence-corrected chi connectivity index (χ1v) is 10.5. The summed E-state index contributed by atoms with van der Waals surface area (Å²) in [5.41, 5.74) is 9.40. The van der Waals surface area contributed by atoms with Gasteiger partial charge in [-0.15, -0.1) is 0 Å². The maximum Gasteiger partial charge on any atom is 0.0302 e. The highest BCUT2D eigenvalue weighted by atomic mass is 127. The molecule has 0 amide bonds. The number of aryl methyl sites for hydroxylation is 4.